The maximum atomic E-state index is 12.1. The van der Waals surface area contributed by atoms with Gasteiger partial charge < -0.3 is 0 Å². The molecule has 0 radical (unpaired) electrons. The SMILES string of the molecule is C=CCN1C(=O)/C(=C\c2ccc(Cl)cc2Cl)SC1=S. The molecule has 0 bridgehead atoms. The topological polar surface area (TPSA) is 20.3 Å². The average Bonchev–Trinajstić information content (AvgIpc) is 2.61. The Balaban J connectivity index is 2.32. The Labute approximate surface area is 131 Å². The van der Waals surface area contributed by atoms with Gasteiger partial charge in [0, 0.05) is 16.6 Å². The molecule has 0 saturated carbocycles. The predicted octanol–water partition coefficient (Wildman–Crippen LogP) is 4.38. The predicted molar refractivity (Wildman–Crippen MR) is 86.5 cm³/mol. The lowest BCUT2D eigenvalue weighted by Crippen LogP contribution is -2.27. The highest BCUT2D eigenvalue weighted by Gasteiger charge is 2.31. The van der Waals surface area contributed by atoms with Gasteiger partial charge in [0.2, 0.25) is 0 Å². The Morgan fingerprint density at radius 2 is 2.16 bits per heavy atom. The third-order valence-electron chi connectivity index (χ3n) is 2.43. The average molecular weight is 330 g/mol. The van der Waals surface area contributed by atoms with Crippen molar-refractivity contribution >= 4 is 63.5 Å². The molecule has 98 valence electrons. The van der Waals surface area contributed by atoms with E-state index in [1.54, 1.807) is 30.4 Å². The van der Waals surface area contributed by atoms with E-state index in [4.69, 9.17) is 35.4 Å². The molecule has 6 heteroatoms. The highest BCUT2D eigenvalue weighted by Crippen LogP contribution is 2.34. The van der Waals surface area contributed by atoms with E-state index in [-0.39, 0.29) is 5.91 Å². The van der Waals surface area contributed by atoms with Crippen LogP contribution in [0.2, 0.25) is 10.0 Å². The van der Waals surface area contributed by atoms with Gasteiger partial charge in [-0.25, -0.2) is 0 Å². The monoisotopic (exact) mass is 329 g/mol. The molecule has 1 aliphatic heterocycles. The van der Waals surface area contributed by atoms with E-state index in [0.717, 1.165) is 5.56 Å². The number of hydrogen-bond acceptors (Lipinski definition) is 3. The van der Waals surface area contributed by atoms with Crippen molar-refractivity contribution in [2.45, 2.75) is 0 Å². The quantitative estimate of drug-likeness (QED) is 0.466. The number of hydrogen-bond donors (Lipinski definition) is 0. The number of carbonyl (C=O) groups is 1. The third kappa shape index (κ3) is 3.20. The van der Waals surface area contributed by atoms with Crippen LogP contribution in [-0.2, 0) is 4.79 Å². The second-order valence-corrected chi connectivity index (χ2v) is 6.27. The summed E-state index contributed by atoms with van der Waals surface area (Å²) < 4.78 is 0.529. The minimum absolute atomic E-state index is 0.124. The van der Waals surface area contributed by atoms with Crippen molar-refractivity contribution < 1.29 is 4.79 Å². The third-order valence-corrected chi connectivity index (χ3v) is 4.37. The van der Waals surface area contributed by atoms with Gasteiger partial charge >= 0.3 is 0 Å². The van der Waals surface area contributed by atoms with Gasteiger partial charge in [0.25, 0.3) is 5.91 Å². The van der Waals surface area contributed by atoms with Crippen molar-refractivity contribution in [3.8, 4) is 0 Å². The lowest BCUT2D eigenvalue weighted by Gasteiger charge is -2.10. The molecule has 0 spiro atoms. The van der Waals surface area contributed by atoms with E-state index in [1.165, 1.54) is 16.7 Å². The van der Waals surface area contributed by atoms with Crippen LogP contribution in [-0.4, -0.2) is 21.7 Å². The molecule has 1 aromatic carbocycles. The number of thioether (sulfide) groups is 1. The van der Waals surface area contributed by atoms with Crippen LogP contribution in [0, 0.1) is 0 Å². The highest BCUT2D eigenvalue weighted by atomic mass is 35.5. The number of thiocarbonyl (C=S) groups is 1. The van der Waals surface area contributed by atoms with Gasteiger partial charge in [-0.05, 0) is 23.8 Å². The van der Waals surface area contributed by atoms with Crippen LogP contribution in [0.25, 0.3) is 6.08 Å². The first kappa shape index (κ1) is 14.6. The van der Waals surface area contributed by atoms with Gasteiger partial charge in [-0.3, -0.25) is 9.69 Å². The van der Waals surface area contributed by atoms with E-state index >= 15 is 0 Å². The van der Waals surface area contributed by atoms with Crippen molar-refractivity contribution in [1.29, 1.82) is 0 Å². The van der Waals surface area contributed by atoms with Gasteiger partial charge in [-0.2, -0.15) is 0 Å². The molecule has 2 rings (SSSR count). The number of benzene rings is 1. The molecule has 19 heavy (non-hydrogen) atoms. The zero-order valence-corrected chi connectivity index (χ0v) is 12.9. The minimum atomic E-state index is -0.124. The lowest BCUT2D eigenvalue weighted by atomic mass is 10.2. The van der Waals surface area contributed by atoms with Crippen LogP contribution in [0.5, 0.6) is 0 Å². The molecule has 2 nitrogen and oxygen atoms in total. The van der Waals surface area contributed by atoms with Crippen LogP contribution in [0.3, 0.4) is 0 Å². The Kier molecular flexibility index (Phi) is 4.68. The summed E-state index contributed by atoms with van der Waals surface area (Å²) >= 11 is 18.3. The largest absolute Gasteiger partial charge is 0.289 e. The van der Waals surface area contributed by atoms with Crippen LogP contribution < -0.4 is 0 Å². The van der Waals surface area contributed by atoms with Crippen molar-refractivity contribution in [3.05, 3.63) is 51.4 Å². The van der Waals surface area contributed by atoms with Crippen LogP contribution in [0.15, 0.2) is 35.8 Å². The standard InChI is InChI=1S/C13H9Cl2NOS2/c1-2-5-16-12(17)11(19-13(16)18)6-8-3-4-9(14)7-10(8)15/h2-4,6-7H,1,5H2/b11-6+. The summed E-state index contributed by atoms with van der Waals surface area (Å²) in [5.74, 6) is -0.124. The summed E-state index contributed by atoms with van der Waals surface area (Å²) in [4.78, 5) is 14.2. The van der Waals surface area contributed by atoms with E-state index < -0.39 is 0 Å². The Bertz CT molecular complexity index is 598. The summed E-state index contributed by atoms with van der Waals surface area (Å²) in [5, 5.41) is 1.06. The molecule has 1 fully saturated rings. The second kappa shape index (κ2) is 6.09. The fourth-order valence-corrected chi connectivity index (χ4v) is 3.28. The van der Waals surface area contributed by atoms with Crippen molar-refractivity contribution in [2.24, 2.45) is 0 Å². The van der Waals surface area contributed by atoms with Crippen molar-refractivity contribution in [3.63, 3.8) is 0 Å². The fourth-order valence-electron chi connectivity index (χ4n) is 1.55. The number of amides is 1. The molecular weight excluding hydrogens is 321 g/mol. The number of nitrogens with zero attached hydrogens (tertiary/aromatic N) is 1. The smallest absolute Gasteiger partial charge is 0.266 e. The maximum absolute atomic E-state index is 12.1. The van der Waals surface area contributed by atoms with Crippen molar-refractivity contribution in [2.75, 3.05) is 6.54 Å². The van der Waals surface area contributed by atoms with E-state index in [1.807, 2.05) is 0 Å². The summed E-state index contributed by atoms with van der Waals surface area (Å²) in [7, 11) is 0. The zero-order valence-electron chi connectivity index (χ0n) is 9.73. The minimum Gasteiger partial charge on any atom is -0.289 e. The molecule has 0 aliphatic carbocycles. The number of rotatable bonds is 3. The fraction of sp³-hybridized carbons (Fsp3) is 0.0769. The second-order valence-electron chi connectivity index (χ2n) is 3.75. The first-order valence-corrected chi connectivity index (χ1v) is 7.32. The lowest BCUT2D eigenvalue weighted by molar-refractivity contribution is -0.121. The Morgan fingerprint density at radius 3 is 2.79 bits per heavy atom. The van der Waals surface area contributed by atoms with Gasteiger partial charge in [-0.1, -0.05) is 59.3 Å². The first-order chi connectivity index (χ1) is 9.02. The van der Waals surface area contributed by atoms with E-state index in [9.17, 15) is 4.79 Å². The van der Waals surface area contributed by atoms with Crippen LogP contribution in [0.1, 0.15) is 5.56 Å². The molecule has 0 unspecified atom stereocenters. The summed E-state index contributed by atoms with van der Waals surface area (Å²) in [6.07, 6.45) is 3.37. The maximum Gasteiger partial charge on any atom is 0.266 e. The summed E-state index contributed by atoms with van der Waals surface area (Å²) in [6.45, 7) is 4.02. The molecule has 0 aromatic heterocycles. The highest BCUT2D eigenvalue weighted by molar-refractivity contribution is 8.26. The molecule has 1 heterocycles. The summed E-state index contributed by atoms with van der Waals surface area (Å²) in [5.41, 5.74) is 0.741. The first-order valence-electron chi connectivity index (χ1n) is 5.34. The summed E-state index contributed by atoms with van der Waals surface area (Å²) in [6, 6.07) is 5.13. The molecular formula is C13H9Cl2NOS2. The molecule has 0 atom stereocenters. The number of halogens is 2. The normalized spacial score (nSPS) is 17.4. The molecule has 1 aromatic rings. The molecule has 1 aliphatic rings. The van der Waals surface area contributed by atoms with E-state index in [2.05, 4.69) is 6.58 Å². The molecule has 0 N–H and O–H groups in total. The van der Waals surface area contributed by atoms with Gasteiger partial charge in [0.05, 0.1) is 4.91 Å². The Morgan fingerprint density at radius 1 is 1.42 bits per heavy atom. The zero-order chi connectivity index (χ0) is 14.0. The van der Waals surface area contributed by atoms with Gasteiger partial charge in [-0.15, -0.1) is 6.58 Å². The van der Waals surface area contributed by atoms with Crippen LogP contribution >= 0.6 is 47.2 Å². The van der Waals surface area contributed by atoms with Gasteiger partial charge in [0.15, 0.2) is 0 Å². The van der Waals surface area contributed by atoms with Crippen molar-refractivity contribution in [1.82, 2.24) is 4.90 Å². The van der Waals surface area contributed by atoms with Gasteiger partial charge in [0.1, 0.15) is 4.32 Å². The van der Waals surface area contributed by atoms with E-state index in [0.29, 0.717) is 25.8 Å². The number of carbonyl (C=O) groups excluding carboxylic acids is 1. The Hall–Kier alpha value is -0.810. The van der Waals surface area contributed by atoms with Crippen LogP contribution in [0.4, 0.5) is 0 Å². The molecule has 1 saturated heterocycles. The molecule has 1 amide bonds.